The third-order valence-corrected chi connectivity index (χ3v) is 3.64. The summed E-state index contributed by atoms with van der Waals surface area (Å²) < 4.78 is 1.54. The molecule has 2 rings (SSSR count). The second-order valence-corrected chi connectivity index (χ2v) is 5.51. The van der Waals surface area contributed by atoms with Gasteiger partial charge in [0.15, 0.2) is 0 Å². The highest BCUT2D eigenvalue weighted by Gasteiger charge is 2.17. The second kappa shape index (κ2) is 5.83. The van der Waals surface area contributed by atoms with Gasteiger partial charge in [0.2, 0.25) is 11.1 Å². The second-order valence-electron chi connectivity index (χ2n) is 4.20. The maximum absolute atomic E-state index is 12.1. The molecule has 7 heteroatoms. The number of aryl methyl sites for hydroxylation is 2. The van der Waals surface area contributed by atoms with E-state index in [1.165, 1.54) is 11.8 Å². The van der Waals surface area contributed by atoms with Gasteiger partial charge in [-0.2, -0.15) is 0 Å². The zero-order valence-corrected chi connectivity index (χ0v) is 11.8. The molecule has 0 aliphatic heterocycles. The molecule has 1 N–H and O–H groups in total. The number of anilines is 1. The maximum Gasteiger partial charge on any atom is 0.237 e. The van der Waals surface area contributed by atoms with E-state index in [-0.39, 0.29) is 11.2 Å². The van der Waals surface area contributed by atoms with E-state index in [0.717, 1.165) is 11.3 Å². The van der Waals surface area contributed by atoms with Crippen molar-refractivity contribution in [2.45, 2.75) is 24.3 Å². The van der Waals surface area contributed by atoms with Crippen molar-refractivity contribution in [3.05, 3.63) is 29.8 Å². The van der Waals surface area contributed by atoms with Crippen LogP contribution in [0.5, 0.6) is 0 Å². The van der Waals surface area contributed by atoms with Gasteiger partial charge in [0, 0.05) is 12.7 Å². The molecular formula is C12H15N5OS. The van der Waals surface area contributed by atoms with Gasteiger partial charge in [-0.25, -0.2) is 4.68 Å². The van der Waals surface area contributed by atoms with Crippen molar-refractivity contribution in [2.75, 3.05) is 5.32 Å². The Labute approximate surface area is 115 Å². The number of thioether (sulfide) groups is 1. The Hall–Kier alpha value is -1.89. The molecule has 0 radical (unpaired) electrons. The molecule has 0 saturated heterocycles. The minimum absolute atomic E-state index is 0.0707. The number of nitrogens with one attached hydrogen (secondary N) is 1. The van der Waals surface area contributed by atoms with E-state index in [1.807, 2.05) is 38.1 Å². The van der Waals surface area contributed by atoms with Crippen LogP contribution in [0.15, 0.2) is 29.4 Å². The Morgan fingerprint density at radius 1 is 1.47 bits per heavy atom. The molecule has 1 unspecified atom stereocenters. The van der Waals surface area contributed by atoms with Crippen molar-refractivity contribution in [1.29, 1.82) is 0 Å². The van der Waals surface area contributed by atoms with Crippen molar-refractivity contribution < 1.29 is 4.79 Å². The molecule has 0 bridgehead atoms. The summed E-state index contributed by atoms with van der Waals surface area (Å²) in [5.41, 5.74) is 1.91. The standard InChI is InChI=1S/C12H15N5OS/c1-8-5-4-6-10(7-8)13-11(18)9(2)19-12-14-15-16-17(12)3/h4-7,9H,1-3H3,(H,13,18). The highest BCUT2D eigenvalue weighted by molar-refractivity contribution is 8.00. The minimum atomic E-state index is -0.273. The van der Waals surface area contributed by atoms with Crippen LogP contribution in [0.4, 0.5) is 5.69 Å². The zero-order valence-electron chi connectivity index (χ0n) is 11.0. The molecule has 1 amide bonds. The van der Waals surface area contributed by atoms with E-state index in [2.05, 4.69) is 20.8 Å². The van der Waals surface area contributed by atoms with E-state index >= 15 is 0 Å². The molecule has 1 aromatic heterocycles. The van der Waals surface area contributed by atoms with Gasteiger partial charge in [-0.05, 0) is 42.0 Å². The first kappa shape index (κ1) is 13.5. The first-order valence-electron chi connectivity index (χ1n) is 5.83. The van der Waals surface area contributed by atoms with Gasteiger partial charge >= 0.3 is 0 Å². The average molecular weight is 277 g/mol. The summed E-state index contributed by atoms with van der Waals surface area (Å²) in [5, 5.41) is 14.3. The van der Waals surface area contributed by atoms with Crippen LogP contribution in [0.2, 0.25) is 0 Å². The number of rotatable bonds is 4. The molecule has 6 nitrogen and oxygen atoms in total. The normalized spacial score (nSPS) is 12.2. The van der Waals surface area contributed by atoms with Gasteiger partial charge < -0.3 is 5.32 Å². The van der Waals surface area contributed by atoms with Gasteiger partial charge in [0.1, 0.15) is 0 Å². The zero-order chi connectivity index (χ0) is 13.8. The molecule has 0 aliphatic rings. The molecule has 1 atom stereocenters. The van der Waals surface area contributed by atoms with Gasteiger partial charge in [0.25, 0.3) is 0 Å². The summed E-state index contributed by atoms with van der Waals surface area (Å²) >= 11 is 1.32. The Kier molecular flexibility index (Phi) is 4.16. The lowest BCUT2D eigenvalue weighted by molar-refractivity contribution is -0.115. The largest absolute Gasteiger partial charge is 0.325 e. The van der Waals surface area contributed by atoms with Crippen LogP contribution in [-0.2, 0) is 11.8 Å². The van der Waals surface area contributed by atoms with Crippen LogP contribution in [0, 0.1) is 6.92 Å². The highest BCUT2D eigenvalue weighted by Crippen LogP contribution is 2.21. The van der Waals surface area contributed by atoms with Crippen LogP contribution in [0.1, 0.15) is 12.5 Å². The van der Waals surface area contributed by atoms with Gasteiger partial charge in [0.05, 0.1) is 5.25 Å². The smallest absolute Gasteiger partial charge is 0.237 e. The Balaban J connectivity index is 1.98. The van der Waals surface area contributed by atoms with Crippen molar-refractivity contribution in [1.82, 2.24) is 20.2 Å². The number of hydrogen-bond acceptors (Lipinski definition) is 5. The SMILES string of the molecule is Cc1cccc(NC(=O)C(C)Sc2nnnn2C)c1. The average Bonchev–Trinajstić information content (AvgIpc) is 2.75. The lowest BCUT2D eigenvalue weighted by atomic mass is 10.2. The predicted molar refractivity (Wildman–Crippen MR) is 73.9 cm³/mol. The lowest BCUT2D eigenvalue weighted by Crippen LogP contribution is -2.22. The minimum Gasteiger partial charge on any atom is -0.325 e. The highest BCUT2D eigenvalue weighted by atomic mass is 32.2. The van der Waals surface area contributed by atoms with Crippen LogP contribution in [0.25, 0.3) is 0 Å². The van der Waals surface area contributed by atoms with Crippen LogP contribution >= 0.6 is 11.8 Å². The fourth-order valence-electron chi connectivity index (χ4n) is 1.50. The number of hydrogen-bond donors (Lipinski definition) is 1. The number of nitrogens with zero attached hydrogens (tertiary/aromatic N) is 4. The quantitative estimate of drug-likeness (QED) is 0.860. The molecule has 100 valence electrons. The number of aromatic nitrogens is 4. The van der Waals surface area contributed by atoms with Crippen LogP contribution < -0.4 is 5.32 Å². The van der Waals surface area contributed by atoms with Crippen LogP contribution in [-0.4, -0.2) is 31.4 Å². The molecule has 0 saturated carbocycles. The Bertz CT molecular complexity index is 583. The summed E-state index contributed by atoms with van der Waals surface area (Å²) in [5.74, 6) is -0.0707. The van der Waals surface area contributed by atoms with Crippen molar-refractivity contribution in [2.24, 2.45) is 7.05 Å². The monoisotopic (exact) mass is 277 g/mol. The van der Waals surface area contributed by atoms with Gasteiger partial charge in [-0.15, -0.1) is 5.10 Å². The van der Waals surface area contributed by atoms with E-state index < -0.39 is 0 Å². The van der Waals surface area contributed by atoms with E-state index in [4.69, 9.17) is 0 Å². The van der Waals surface area contributed by atoms with E-state index in [1.54, 1.807) is 11.7 Å². The number of carbonyl (C=O) groups is 1. The lowest BCUT2D eigenvalue weighted by Gasteiger charge is -2.11. The predicted octanol–water partition coefficient (Wildman–Crippen LogP) is 1.64. The summed E-state index contributed by atoms with van der Waals surface area (Å²) in [4.78, 5) is 12.1. The summed E-state index contributed by atoms with van der Waals surface area (Å²) in [6.07, 6.45) is 0. The van der Waals surface area contributed by atoms with Crippen molar-refractivity contribution in [3.63, 3.8) is 0 Å². The summed E-state index contributed by atoms with van der Waals surface area (Å²) in [7, 11) is 1.74. The number of carbonyl (C=O) groups excluding carboxylic acids is 1. The topological polar surface area (TPSA) is 72.7 Å². The Morgan fingerprint density at radius 2 is 2.26 bits per heavy atom. The Morgan fingerprint density at radius 3 is 2.89 bits per heavy atom. The molecule has 2 aromatic rings. The van der Waals surface area contributed by atoms with Crippen molar-refractivity contribution >= 4 is 23.4 Å². The van der Waals surface area contributed by atoms with Crippen molar-refractivity contribution in [3.8, 4) is 0 Å². The van der Waals surface area contributed by atoms with E-state index in [9.17, 15) is 4.79 Å². The van der Waals surface area contributed by atoms with Crippen LogP contribution in [0.3, 0.4) is 0 Å². The molecule has 0 aliphatic carbocycles. The molecule has 19 heavy (non-hydrogen) atoms. The third-order valence-electron chi connectivity index (χ3n) is 2.52. The summed E-state index contributed by atoms with van der Waals surface area (Å²) in [6, 6.07) is 7.69. The fourth-order valence-corrected chi connectivity index (χ4v) is 2.25. The van der Waals surface area contributed by atoms with E-state index in [0.29, 0.717) is 5.16 Å². The first-order chi connectivity index (χ1) is 9.06. The fraction of sp³-hybridized carbons (Fsp3) is 0.333. The number of benzene rings is 1. The molecule has 0 fully saturated rings. The first-order valence-corrected chi connectivity index (χ1v) is 6.71. The molecule has 0 spiro atoms. The summed E-state index contributed by atoms with van der Waals surface area (Å²) in [6.45, 7) is 3.81. The van der Waals surface area contributed by atoms with Gasteiger partial charge in [-0.1, -0.05) is 23.9 Å². The molecule has 1 heterocycles. The molecular weight excluding hydrogens is 262 g/mol. The van der Waals surface area contributed by atoms with Gasteiger partial charge in [-0.3, -0.25) is 4.79 Å². The number of tetrazole rings is 1. The maximum atomic E-state index is 12.1. The number of amides is 1. The molecule has 1 aromatic carbocycles. The third kappa shape index (κ3) is 3.54.